The molecule has 26 heavy (non-hydrogen) atoms. The van der Waals surface area contributed by atoms with Crippen LogP contribution in [-0.2, 0) is 17.0 Å². The molecule has 0 aliphatic carbocycles. The highest BCUT2D eigenvalue weighted by molar-refractivity contribution is 7.98. The maximum atomic E-state index is 10.1. The molecular weight excluding hydrogens is 348 g/mol. The molecule has 0 aliphatic rings. The smallest absolute Gasteiger partial charge is 0.191 e. The fourth-order valence-corrected chi connectivity index (χ4v) is 3.51. The predicted molar refractivity (Wildman–Crippen MR) is 99.7 cm³/mol. The van der Waals surface area contributed by atoms with Gasteiger partial charge >= 0.3 is 0 Å². The van der Waals surface area contributed by atoms with Gasteiger partial charge in [-0.05, 0) is 23.8 Å². The largest absolute Gasteiger partial charge is 0.507 e. The molecule has 0 atom stereocenters. The van der Waals surface area contributed by atoms with Crippen molar-refractivity contribution >= 4 is 11.8 Å². The third kappa shape index (κ3) is 3.87. The van der Waals surface area contributed by atoms with Gasteiger partial charge < -0.3 is 9.84 Å². The van der Waals surface area contributed by atoms with Gasteiger partial charge in [0.15, 0.2) is 11.0 Å². The predicted octanol–water partition coefficient (Wildman–Crippen LogP) is 3.46. The van der Waals surface area contributed by atoms with Crippen LogP contribution in [0.4, 0.5) is 0 Å². The molecule has 0 saturated heterocycles. The maximum Gasteiger partial charge on any atom is 0.191 e. The zero-order valence-corrected chi connectivity index (χ0v) is 15.1. The lowest BCUT2D eigenvalue weighted by molar-refractivity contribution is 0.185. The van der Waals surface area contributed by atoms with Crippen LogP contribution in [0.15, 0.2) is 53.7 Å². The van der Waals surface area contributed by atoms with Crippen molar-refractivity contribution in [1.82, 2.24) is 14.8 Å². The Hall–Kier alpha value is -2.82. The van der Waals surface area contributed by atoms with E-state index in [0.29, 0.717) is 41.0 Å². The van der Waals surface area contributed by atoms with E-state index in [0.717, 1.165) is 5.56 Å². The highest BCUT2D eigenvalue weighted by atomic mass is 32.2. The molecule has 0 unspecified atom stereocenters. The number of phenols is 1. The molecule has 0 bridgehead atoms. The second-order valence-electron chi connectivity index (χ2n) is 5.53. The van der Waals surface area contributed by atoms with Crippen molar-refractivity contribution in [1.29, 1.82) is 5.26 Å². The minimum absolute atomic E-state index is 0.157. The molecule has 0 spiro atoms. The summed E-state index contributed by atoms with van der Waals surface area (Å²) in [4.78, 5) is 0. The van der Waals surface area contributed by atoms with E-state index in [2.05, 4.69) is 16.3 Å². The van der Waals surface area contributed by atoms with E-state index in [9.17, 15) is 10.4 Å². The van der Waals surface area contributed by atoms with Gasteiger partial charge in [0, 0.05) is 12.9 Å². The first-order chi connectivity index (χ1) is 12.7. The number of ether oxygens (including phenoxy) is 1. The van der Waals surface area contributed by atoms with Gasteiger partial charge in [-0.1, -0.05) is 42.1 Å². The average molecular weight is 366 g/mol. The van der Waals surface area contributed by atoms with Crippen molar-refractivity contribution in [2.24, 2.45) is 0 Å². The molecular formula is C19H18N4O2S. The summed E-state index contributed by atoms with van der Waals surface area (Å²) < 4.78 is 7.13. The van der Waals surface area contributed by atoms with Gasteiger partial charge in [0.2, 0.25) is 0 Å². The molecule has 1 N–H and O–H groups in total. The summed E-state index contributed by atoms with van der Waals surface area (Å²) in [5.41, 5.74) is 2.23. The van der Waals surface area contributed by atoms with Crippen LogP contribution in [0.3, 0.4) is 0 Å². The molecule has 2 aromatic carbocycles. The number of benzene rings is 2. The third-order valence-electron chi connectivity index (χ3n) is 3.88. The molecule has 0 fully saturated rings. The number of hydrogen-bond acceptors (Lipinski definition) is 6. The van der Waals surface area contributed by atoms with Crippen LogP contribution in [0.1, 0.15) is 11.1 Å². The number of nitrogens with zero attached hydrogens (tertiary/aromatic N) is 4. The molecule has 0 radical (unpaired) electrons. The van der Waals surface area contributed by atoms with Crippen LogP contribution in [0.5, 0.6) is 5.75 Å². The Morgan fingerprint density at radius 2 is 1.92 bits per heavy atom. The SMILES string of the molecule is COCCn1c(SCc2ccccc2C#N)nnc1-c1ccccc1O. The lowest BCUT2D eigenvalue weighted by Crippen LogP contribution is -2.07. The summed E-state index contributed by atoms with van der Waals surface area (Å²) in [6, 6.07) is 16.8. The molecule has 0 aliphatic heterocycles. The fourth-order valence-electron chi connectivity index (χ4n) is 2.54. The van der Waals surface area contributed by atoms with Crippen LogP contribution >= 0.6 is 11.8 Å². The number of hydrogen-bond donors (Lipinski definition) is 1. The van der Waals surface area contributed by atoms with E-state index < -0.39 is 0 Å². The average Bonchev–Trinajstić information content (AvgIpc) is 3.07. The van der Waals surface area contributed by atoms with Crippen LogP contribution in [0.2, 0.25) is 0 Å². The molecule has 3 aromatic rings. The van der Waals surface area contributed by atoms with Gasteiger partial charge in [0.1, 0.15) is 5.75 Å². The fraction of sp³-hybridized carbons (Fsp3) is 0.211. The lowest BCUT2D eigenvalue weighted by atomic mass is 10.1. The number of rotatable bonds is 7. The highest BCUT2D eigenvalue weighted by Gasteiger charge is 2.17. The minimum atomic E-state index is 0.157. The Labute approximate surface area is 156 Å². The molecule has 132 valence electrons. The topological polar surface area (TPSA) is 84.0 Å². The Balaban J connectivity index is 1.90. The molecule has 0 amide bonds. The summed E-state index contributed by atoms with van der Waals surface area (Å²) in [7, 11) is 1.64. The zero-order valence-electron chi connectivity index (χ0n) is 14.3. The third-order valence-corrected chi connectivity index (χ3v) is 4.89. The summed E-state index contributed by atoms with van der Waals surface area (Å²) in [6.07, 6.45) is 0. The number of methoxy groups -OCH3 is 1. The van der Waals surface area contributed by atoms with Crippen molar-refractivity contribution in [3.05, 3.63) is 59.7 Å². The molecule has 7 heteroatoms. The number of para-hydroxylation sites is 1. The monoisotopic (exact) mass is 366 g/mol. The number of thioether (sulfide) groups is 1. The van der Waals surface area contributed by atoms with Crippen LogP contribution in [-0.4, -0.2) is 33.6 Å². The number of aromatic nitrogens is 3. The Morgan fingerprint density at radius 3 is 2.69 bits per heavy atom. The van der Waals surface area contributed by atoms with Crippen LogP contribution in [0, 0.1) is 11.3 Å². The van der Waals surface area contributed by atoms with E-state index >= 15 is 0 Å². The maximum absolute atomic E-state index is 10.1. The van der Waals surface area contributed by atoms with E-state index in [1.54, 1.807) is 25.3 Å². The lowest BCUT2D eigenvalue weighted by Gasteiger charge is -2.10. The standard InChI is InChI=1S/C19H18N4O2S/c1-25-11-10-23-18(16-8-4-5-9-17(16)24)21-22-19(23)26-13-15-7-3-2-6-14(15)12-20/h2-9,24H,10-11,13H2,1H3. The van der Waals surface area contributed by atoms with E-state index in [1.807, 2.05) is 34.9 Å². The molecule has 0 saturated carbocycles. The quantitative estimate of drug-likeness (QED) is 0.645. The van der Waals surface area contributed by atoms with E-state index in [4.69, 9.17) is 4.74 Å². The molecule has 6 nitrogen and oxygen atoms in total. The van der Waals surface area contributed by atoms with Crippen LogP contribution in [0.25, 0.3) is 11.4 Å². The van der Waals surface area contributed by atoms with Crippen molar-refractivity contribution in [2.75, 3.05) is 13.7 Å². The van der Waals surface area contributed by atoms with Gasteiger partial charge in [-0.2, -0.15) is 5.26 Å². The van der Waals surface area contributed by atoms with Crippen molar-refractivity contribution in [3.8, 4) is 23.2 Å². The number of aromatic hydroxyl groups is 1. The highest BCUT2D eigenvalue weighted by Crippen LogP contribution is 2.31. The molecule has 1 aromatic heterocycles. The molecule has 3 rings (SSSR count). The van der Waals surface area contributed by atoms with E-state index in [-0.39, 0.29) is 5.75 Å². The Morgan fingerprint density at radius 1 is 1.15 bits per heavy atom. The van der Waals surface area contributed by atoms with Gasteiger partial charge in [-0.15, -0.1) is 10.2 Å². The minimum Gasteiger partial charge on any atom is -0.507 e. The zero-order chi connectivity index (χ0) is 18.4. The van der Waals surface area contributed by atoms with Gasteiger partial charge in [0.05, 0.1) is 30.3 Å². The second-order valence-corrected chi connectivity index (χ2v) is 6.47. The van der Waals surface area contributed by atoms with Gasteiger partial charge in [-0.25, -0.2) is 0 Å². The summed E-state index contributed by atoms with van der Waals surface area (Å²) in [5, 5.41) is 28.6. The normalized spacial score (nSPS) is 10.6. The first-order valence-corrected chi connectivity index (χ1v) is 9.04. The van der Waals surface area contributed by atoms with Crippen molar-refractivity contribution < 1.29 is 9.84 Å². The van der Waals surface area contributed by atoms with Gasteiger partial charge in [-0.3, -0.25) is 4.57 Å². The van der Waals surface area contributed by atoms with Crippen molar-refractivity contribution in [2.45, 2.75) is 17.5 Å². The van der Waals surface area contributed by atoms with Gasteiger partial charge in [0.25, 0.3) is 0 Å². The van der Waals surface area contributed by atoms with E-state index in [1.165, 1.54) is 11.8 Å². The summed E-state index contributed by atoms with van der Waals surface area (Å²) in [5.74, 6) is 1.36. The summed E-state index contributed by atoms with van der Waals surface area (Å²) in [6.45, 7) is 1.07. The first-order valence-electron chi connectivity index (χ1n) is 8.06. The number of phenolic OH excluding ortho intramolecular Hbond substituents is 1. The van der Waals surface area contributed by atoms with Crippen molar-refractivity contribution in [3.63, 3.8) is 0 Å². The summed E-state index contributed by atoms with van der Waals surface area (Å²) >= 11 is 1.50. The number of nitriles is 1. The Kier molecular flexibility index (Phi) is 5.89. The Bertz CT molecular complexity index is 933. The second kappa shape index (κ2) is 8.52. The molecule has 1 heterocycles. The first kappa shape index (κ1) is 18.0. The van der Waals surface area contributed by atoms with Crippen LogP contribution < -0.4 is 0 Å².